The topological polar surface area (TPSA) is 104 Å². The van der Waals surface area contributed by atoms with E-state index in [0.717, 1.165) is 15.8 Å². The molecule has 3 atom stereocenters. The van der Waals surface area contributed by atoms with E-state index in [1.807, 2.05) is 0 Å². The molecule has 0 saturated carbocycles. The second-order valence-electron chi connectivity index (χ2n) is 7.91. The SMILES string of the molecule is CC1CC(F)C(C)N(C)C(=O)c2c(O)c(=O)c(C(=O)NCc3c(F)cc(F)cc3F)cn2N1. The van der Waals surface area contributed by atoms with Gasteiger partial charge in [0.2, 0.25) is 5.43 Å². The number of fused-ring (bicyclic) bond motifs is 1. The van der Waals surface area contributed by atoms with Gasteiger partial charge in [0.1, 0.15) is 29.2 Å². The summed E-state index contributed by atoms with van der Waals surface area (Å²) in [6.45, 7) is 2.37. The Morgan fingerprint density at radius 2 is 1.82 bits per heavy atom. The summed E-state index contributed by atoms with van der Waals surface area (Å²) in [7, 11) is 1.32. The molecule has 178 valence electrons. The Bertz CT molecular complexity index is 1150. The maximum atomic E-state index is 14.5. The number of nitrogens with one attached hydrogen (secondary N) is 2. The summed E-state index contributed by atoms with van der Waals surface area (Å²) in [6, 6.07) is -0.551. The minimum Gasteiger partial charge on any atom is -0.502 e. The average molecular weight is 470 g/mol. The monoisotopic (exact) mass is 470 g/mol. The Balaban J connectivity index is 1.99. The molecule has 3 rings (SSSR count). The summed E-state index contributed by atoms with van der Waals surface area (Å²) >= 11 is 0. The van der Waals surface area contributed by atoms with E-state index in [9.17, 15) is 37.1 Å². The molecule has 2 aromatic rings. The van der Waals surface area contributed by atoms with Gasteiger partial charge in [-0.3, -0.25) is 19.1 Å². The fraction of sp³-hybridized carbons (Fsp3) is 0.381. The smallest absolute Gasteiger partial charge is 0.276 e. The van der Waals surface area contributed by atoms with Gasteiger partial charge in [0.05, 0.1) is 6.04 Å². The minimum atomic E-state index is -1.41. The van der Waals surface area contributed by atoms with Crippen LogP contribution in [-0.2, 0) is 6.54 Å². The molecule has 0 aliphatic carbocycles. The number of aromatic hydroxyl groups is 1. The quantitative estimate of drug-likeness (QED) is 0.596. The summed E-state index contributed by atoms with van der Waals surface area (Å²) in [5, 5.41) is 12.6. The van der Waals surface area contributed by atoms with Gasteiger partial charge in [-0.25, -0.2) is 17.6 Å². The zero-order chi connectivity index (χ0) is 24.6. The van der Waals surface area contributed by atoms with Gasteiger partial charge in [-0.2, -0.15) is 0 Å². The Morgan fingerprint density at radius 1 is 1.21 bits per heavy atom. The number of carbonyl (C=O) groups is 2. The van der Waals surface area contributed by atoms with E-state index in [1.165, 1.54) is 14.0 Å². The van der Waals surface area contributed by atoms with Crippen LogP contribution in [0.4, 0.5) is 17.6 Å². The molecule has 1 aromatic carbocycles. The number of carbonyl (C=O) groups excluding carboxylic acids is 2. The molecular weight excluding hydrogens is 448 g/mol. The number of nitrogens with zero attached hydrogens (tertiary/aromatic N) is 2. The Kier molecular flexibility index (Phi) is 6.65. The third-order valence-electron chi connectivity index (χ3n) is 5.55. The zero-order valence-electron chi connectivity index (χ0n) is 18.0. The van der Waals surface area contributed by atoms with E-state index in [0.29, 0.717) is 12.1 Å². The van der Waals surface area contributed by atoms with Gasteiger partial charge in [-0.1, -0.05) is 0 Å². The first kappa shape index (κ1) is 24.1. The van der Waals surface area contributed by atoms with Gasteiger partial charge in [0.15, 0.2) is 11.4 Å². The Labute approximate surface area is 185 Å². The Morgan fingerprint density at radius 3 is 2.42 bits per heavy atom. The fourth-order valence-corrected chi connectivity index (χ4v) is 3.49. The van der Waals surface area contributed by atoms with Gasteiger partial charge in [-0.05, 0) is 13.8 Å². The third kappa shape index (κ3) is 4.64. The van der Waals surface area contributed by atoms with Crippen molar-refractivity contribution in [2.75, 3.05) is 12.5 Å². The van der Waals surface area contributed by atoms with Crippen LogP contribution in [0.3, 0.4) is 0 Å². The molecule has 0 bridgehead atoms. The highest BCUT2D eigenvalue weighted by Gasteiger charge is 2.33. The van der Waals surface area contributed by atoms with Crippen LogP contribution in [-0.4, -0.2) is 51.8 Å². The number of benzene rings is 1. The number of pyridine rings is 1. The Hall–Kier alpha value is -3.57. The van der Waals surface area contributed by atoms with E-state index in [1.54, 1.807) is 6.92 Å². The van der Waals surface area contributed by atoms with Gasteiger partial charge in [0, 0.05) is 49.9 Å². The minimum absolute atomic E-state index is 0.0181. The van der Waals surface area contributed by atoms with Crippen molar-refractivity contribution in [3.05, 3.63) is 62.8 Å². The van der Waals surface area contributed by atoms with Gasteiger partial charge in [0.25, 0.3) is 11.8 Å². The summed E-state index contributed by atoms with van der Waals surface area (Å²) in [5.74, 6) is -6.63. The molecule has 0 spiro atoms. The molecule has 33 heavy (non-hydrogen) atoms. The van der Waals surface area contributed by atoms with E-state index < -0.39 is 82.1 Å². The lowest BCUT2D eigenvalue weighted by molar-refractivity contribution is 0.0639. The first-order chi connectivity index (χ1) is 15.4. The second kappa shape index (κ2) is 9.12. The predicted molar refractivity (Wildman–Crippen MR) is 110 cm³/mol. The molecule has 2 amide bonds. The van der Waals surface area contributed by atoms with Crippen molar-refractivity contribution in [1.29, 1.82) is 0 Å². The highest BCUT2D eigenvalue weighted by molar-refractivity contribution is 5.98. The number of halogens is 4. The zero-order valence-corrected chi connectivity index (χ0v) is 18.0. The van der Waals surface area contributed by atoms with Crippen LogP contribution < -0.4 is 16.2 Å². The second-order valence-corrected chi connectivity index (χ2v) is 7.91. The van der Waals surface area contributed by atoms with Crippen LogP contribution >= 0.6 is 0 Å². The third-order valence-corrected chi connectivity index (χ3v) is 5.55. The largest absolute Gasteiger partial charge is 0.502 e. The summed E-state index contributed by atoms with van der Waals surface area (Å²) < 4.78 is 56.2. The maximum absolute atomic E-state index is 14.5. The molecule has 1 aromatic heterocycles. The molecule has 3 unspecified atom stereocenters. The lowest BCUT2D eigenvalue weighted by atomic mass is 10.1. The van der Waals surface area contributed by atoms with E-state index in [2.05, 4.69) is 10.7 Å². The molecule has 2 heterocycles. The molecule has 0 saturated heterocycles. The lowest BCUT2D eigenvalue weighted by Crippen LogP contribution is -2.42. The average Bonchev–Trinajstić information content (AvgIpc) is 2.75. The molecule has 0 fully saturated rings. The lowest BCUT2D eigenvalue weighted by Gasteiger charge is -2.27. The normalized spacial score (nSPS) is 20.9. The van der Waals surface area contributed by atoms with Crippen molar-refractivity contribution in [1.82, 2.24) is 14.9 Å². The van der Waals surface area contributed by atoms with Crippen LogP contribution in [0.1, 0.15) is 46.7 Å². The molecule has 3 N–H and O–H groups in total. The molecule has 1 aliphatic rings. The van der Waals surface area contributed by atoms with Gasteiger partial charge in [-0.15, -0.1) is 0 Å². The van der Waals surface area contributed by atoms with Crippen LogP contribution in [0, 0.1) is 17.5 Å². The summed E-state index contributed by atoms with van der Waals surface area (Å²) in [4.78, 5) is 39.1. The van der Waals surface area contributed by atoms with Gasteiger partial charge >= 0.3 is 0 Å². The van der Waals surface area contributed by atoms with Crippen molar-refractivity contribution in [2.24, 2.45) is 0 Å². The summed E-state index contributed by atoms with van der Waals surface area (Å²) in [5.41, 5.74) is -0.229. The van der Waals surface area contributed by atoms with Crippen molar-refractivity contribution < 1.29 is 32.3 Å². The van der Waals surface area contributed by atoms with Crippen molar-refractivity contribution >= 4 is 11.8 Å². The number of alkyl halides is 1. The fourth-order valence-electron chi connectivity index (χ4n) is 3.49. The number of hydrogen-bond acceptors (Lipinski definition) is 5. The highest BCUT2D eigenvalue weighted by Crippen LogP contribution is 2.22. The number of rotatable bonds is 3. The number of amides is 2. The maximum Gasteiger partial charge on any atom is 0.276 e. The molecular formula is C21H22F4N4O4. The van der Waals surface area contributed by atoms with Gasteiger partial charge < -0.3 is 20.7 Å². The summed E-state index contributed by atoms with van der Waals surface area (Å²) in [6.07, 6.45) is -0.487. The first-order valence-electron chi connectivity index (χ1n) is 10.00. The van der Waals surface area contributed by atoms with E-state index in [4.69, 9.17) is 0 Å². The molecule has 0 radical (unpaired) electrons. The molecule has 1 aliphatic heterocycles. The van der Waals surface area contributed by atoms with Crippen molar-refractivity contribution in [3.63, 3.8) is 0 Å². The predicted octanol–water partition coefficient (Wildman–Crippen LogP) is 2.04. The molecule has 12 heteroatoms. The van der Waals surface area contributed by atoms with Crippen molar-refractivity contribution in [2.45, 2.75) is 45.1 Å². The van der Waals surface area contributed by atoms with Crippen LogP contribution in [0.5, 0.6) is 5.75 Å². The van der Waals surface area contributed by atoms with Crippen LogP contribution in [0.25, 0.3) is 0 Å². The number of aromatic nitrogens is 1. The highest BCUT2D eigenvalue weighted by atomic mass is 19.1. The van der Waals surface area contributed by atoms with Crippen LogP contribution in [0.15, 0.2) is 23.1 Å². The standard InChI is InChI=1S/C21H22F4N4O4/c1-9-4-14(23)10(2)28(3)21(33)17-19(31)18(30)13(8-29(17)27-9)20(32)26-7-12-15(24)5-11(22)6-16(12)25/h5-6,8-10,14,27,31H,4,7H2,1-3H3,(H,26,32). The molecule has 8 nitrogen and oxygen atoms in total. The van der Waals surface area contributed by atoms with E-state index >= 15 is 0 Å². The van der Waals surface area contributed by atoms with Crippen LogP contribution in [0.2, 0.25) is 0 Å². The van der Waals surface area contributed by atoms with Crippen molar-refractivity contribution in [3.8, 4) is 5.75 Å². The number of hydrogen-bond donors (Lipinski definition) is 3. The van der Waals surface area contributed by atoms with E-state index in [-0.39, 0.29) is 6.42 Å². The first-order valence-corrected chi connectivity index (χ1v) is 10.00.